The van der Waals surface area contributed by atoms with Gasteiger partial charge in [0.1, 0.15) is 30.8 Å². The van der Waals surface area contributed by atoms with E-state index in [1.165, 1.54) is 18.1 Å². The SMILES string of the molecule is COC(=O)[C@@H]1[C@@H](c2ccc(F)cc2F)NC(=S)N(c2ccc3c(c2)OCCO3)[C@@]1(O)C(C)C. The van der Waals surface area contributed by atoms with E-state index in [1.54, 1.807) is 32.0 Å². The zero-order valence-electron chi connectivity index (χ0n) is 18.3. The van der Waals surface area contributed by atoms with Crippen molar-refractivity contribution in [2.45, 2.75) is 25.6 Å². The maximum Gasteiger partial charge on any atom is 0.316 e. The van der Waals surface area contributed by atoms with Gasteiger partial charge in [0.2, 0.25) is 0 Å². The lowest BCUT2D eigenvalue weighted by atomic mass is 9.75. The van der Waals surface area contributed by atoms with E-state index in [1.807, 2.05) is 0 Å². The molecular weight excluding hydrogens is 454 g/mol. The number of hydrogen-bond acceptors (Lipinski definition) is 6. The van der Waals surface area contributed by atoms with Crippen LogP contribution in [0.15, 0.2) is 36.4 Å². The molecule has 0 unspecified atom stereocenters. The highest BCUT2D eigenvalue weighted by Gasteiger charge is 2.58. The van der Waals surface area contributed by atoms with E-state index in [0.29, 0.717) is 30.4 Å². The highest BCUT2D eigenvalue weighted by Crippen LogP contribution is 2.46. The van der Waals surface area contributed by atoms with Crippen LogP contribution in [0, 0.1) is 23.5 Å². The van der Waals surface area contributed by atoms with E-state index in [9.17, 15) is 18.7 Å². The van der Waals surface area contributed by atoms with Gasteiger partial charge in [0.25, 0.3) is 0 Å². The molecule has 0 spiro atoms. The fourth-order valence-electron chi connectivity index (χ4n) is 4.39. The van der Waals surface area contributed by atoms with E-state index in [0.717, 1.165) is 12.1 Å². The molecule has 33 heavy (non-hydrogen) atoms. The normalized spacial score (nSPS) is 24.5. The summed E-state index contributed by atoms with van der Waals surface area (Å²) in [4.78, 5) is 14.4. The fourth-order valence-corrected chi connectivity index (χ4v) is 4.77. The van der Waals surface area contributed by atoms with Crippen LogP contribution in [0.3, 0.4) is 0 Å². The minimum Gasteiger partial charge on any atom is -0.486 e. The Kier molecular flexibility index (Phi) is 6.15. The fraction of sp³-hybridized carbons (Fsp3) is 0.391. The third-order valence-electron chi connectivity index (χ3n) is 6.02. The summed E-state index contributed by atoms with van der Waals surface area (Å²) in [5.41, 5.74) is -1.50. The Labute approximate surface area is 195 Å². The smallest absolute Gasteiger partial charge is 0.316 e. The van der Waals surface area contributed by atoms with Gasteiger partial charge in [-0.3, -0.25) is 9.69 Å². The van der Waals surface area contributed by atoms with Gasteiger partial charge in [-0.1, -0.05) is 19.9 Å². The van der Waals surface area contributed by atoms with Crippen LogP contribution in [0.1, 0.15) is 25.5 Å². The van der Waals surface area contributed by atoms with Crippen molar-refractivity contribution < 1.29 is 32.9 Å². The number of benzene rings is 2. The predicted molar refractivity (Wildman–Crippen MR) is 120 cm³/mol. The molecule has 0 aromatic heterocycles. The molecule has 2 aromatic carbocycles. The minimum absolute atomic E-state index is 0.0185. The lowest BCUT2D eigenvalue weighted by molar-refractivity contribution is -0.163. The van der Waals surface area contributed by atoms with Crippen molar-refractivity contribution in [2.75, 3.05) is 25.2 Å². The Bertz CT molecular complexity index is 1100. The molecule has 4 rings (SSSR count). The first kappa shape index (κ1) is 23.2. The van der Waals surface area contributed by atoms with E-state index >= 15 is 0 Å². The minimum atomic E-state index is -1.93. The van der Waals surface area contributed by atoms with E-state index in [-0.39, 0.29) is 10.7 Å². The van der Waals surface area contributed by atoms with Gasteiger partial charge < -0.3 is 24.6 Å². The second-order valence-corrected chi connectivity index (χ2v) is 8.58. The summed E-state index contributed by atoms with van der Waals surface area (Å²) < 4.78 is 44.6. The third-order valence-corrected chi connectivity index (χ3v) is 6.32. The summed E-state index contributed by atoms with van der Waals surface area (Å²) >= 11 is 5.59. The second kappa shape index (κ2) is 8.75. The van der Waals surface area contributed by atoms with Gasteiger partial charge in [-0.05, 0) is 30.4 Å². The third kappa shape index (κ3) is 3.87. The standard InChI is InChI=1S/C23H24F2N2O5S/c1-12(2)23(29)19(21(28)30-3)20(15-6-4-13(24)10-16(15)25)26-22(33)27(23)14-5-7-17-18(11-14)32-9-8-31-17/h4-7,10-12,19-20,29H,8-9H2,1-3H3,(H,26,33)/t19-,20+,23+/m0/s1. The van der Waals surface area contributed by atoms with Crippen molar-refractivity contribution in [3.63, 3.8) is 0 Å². The van der Waals surface area contributed by atoms with Crippen LogP contribution < -0.4 is 19.7 Å². The molecule has 0 radical (unpaired) electrons. The molecule has 2 N–H and O–H groups in total. The van der Waals surface area contributed by atoms with Crippen molar-refractivity contribution in [3.8, 4) is 11.5 Å². The lowest BCUT2D eigenvalue weighted by Crippen LogP contribution is -2.71. The molecule has 1 fully saturated rings. The Balaban J connectivity index is 1.87. The number of methoxy groups -OCH3 is 1. The largest absolute Gasteiger partial charge is 0.486 e. The Morgan fingerprint density at radius 1 is 1.21 bits per heavy atom. The molecule has 2 aromatic rings. The summed E-state index contributed by atoms with van der Waals surface area (Å²) in [6, 6.07) is 6.94. The molecule has 2 aliphatic rings. The predicted octanol–water partition coefficient (Wildman–Crippen LogP) is 3.31. The molecular formula is C23H24F2N2O5S. The number of nitrogens with one attached hydrogen (secondary N) is 1. The highest BCUT2D eigenvalue weighted by atomic mass is 32.1. The first-order valence-electron chi connectivity index (χ1n) is 10.4. The number of hydrogen-bond donors (Lipinski definition) is 2. The van der Waals surface area contributed by atoms with Crippen LogP contribution in [-0.4, -0.2) is 42.2 Å². The van der Waals surface area contributed by atoms with Gasteiger partial charge >= 0.3 is 5.97 Å². The van der Waals surface area contributed by atoms with Crippen LogP contribution >= 0.6 is 12.2 Å². The van der Waals surface area contributed by atoms with E-state index < -0.39 is 41.2 Å². The summed E-state index contributed by atoms with van der Waals surface area (Å²) in [6.45, 7) is 4.21. The number of carbonyl (C=O) groups is 1. The van der Waals surface area contributed by atoms with Gasteiger partial charge in [0.15, 0.2) is 22.3 Å². The van der Waals surface area contributed by atoms with E-state index in [4.69, 9.17) is 26.4 Å². The maximum absolute atomic E-state index is 14.8. The van der Waals surface area contributed by atoms with Gasteiger partial charge in [0, 0.05) is 23.6 Å². The number of nitrogens with zero attached hydrogens (tertiary/aromatic N) is 1. The van der Waals surface area contributed by atoms with Crippen molar-refractivity contribution in [1.29, 1.82) is 0 Å². The molecule has 0 bridgehead atoms. The number of anilines is 1. The molecule has 7 nitrogen and oxygen atoms in total. The maximum atomic E-state index is 14.8. The number of carbonyl (C=O) groups excluding carboxylic acids is 1. The van der Waals surface area contributed by atoms with Gasteiger partial charge in [0.05, 0.1) is 18.8 Å². The van der Waals surface area contributed by atoms with Crippen LogP contribution in [0.2, 0.25) is 0 Å². The number of thiocarbonyl (C=S) groups is 1. The molecule has 2 aliphatic heterocycles. The number of esters is 1. The highest BCUT2D eigenvalue weighted by molar-refractivity contribution is 7.80. The zero-order chi connectivity index (χ0) is 23.9. The van der Waals surface area contributed by atoms with Gasteiger partial charge in [-0.2, -0.15) is 0 Å². The van der Waals surface area contributed by atoms with Crippen LogP contribution in [-0.2, 0) is 9.53 Å². The Morgan fingerprint density at radius 3 is 2.55 bits per heavy atom. The molecule has 1 saturated heterocycles. The summed E-state index contributed by atoms with van der Waals surface area (Å²) in [5, 5.41) is 15.1. The summed E-state index contributed by atoms with van der Waals surface area (Å²) in [6.07, 6.45) is 0. The van der Waals surface area contributed by atoms with Crippen LogP contribution in [0.4, 0.5) is 14.5 Å². The molecule has 0 saturated carbocycles. The van der Waals surface area contributed by atoms with Crippen molar-refractivity contribution in [3.05, 3.63) is 53.6 Å². The first-order chi connectivity index (χ1) is 15.7. The summed E-state index contributed by atoms with van der Waals surface area (Å²) in [7, 11) is 1.18. The topological polar surface area (TPSA) is 80.3 Å². The summed E-state index contributed by atoms with van der Waals surface area (Å²) in [5.74, 6) is -3.29. The lowest BCUT2D eigenvalue weighted by Gasteiger charge is -2.53. The van der Waals surface area contributed by atoms with Gasteiger partial charge in [-0.25, -0.2) is 8.78 Å². The Hall–Kier alpha value is -2.98. The molecule has 2 heterocycles. The van der Waals surface area contributed by atoms with Crippen molar-refractivity contribution >= 4 is 29.0 Å². The molecule has 3 atom stereocenters. The Morgan fingerprint density at radius 2 is 1.91 bits per heavy atom. The number of rotatable bonds is 4. The number of fused-ring (bicyclic) bond motifs is 1. The quantitative estimate of drug-likeness (QED) is 0.512. The van der Waals surface area contributed by atoms with Crippen LogP contribution in [0.25, 0.3) is 0 Å². The van der Waals surface area contributed by atoms with Crippen LogP contribution in [0.5, 0.6) is 11.5 Å². The molecule has 0 amide bonds. The van der Waals surface area contributed by atoms with Gasteiger partial charge in [-0.15, -0.1) is 0 Å². The van der Waals surface area contributed by atoms with Crippen molar-refractivity contribution in [2.24, 2.45) is 11.8 Å². The average molecular weight is 479 g/mol. The first-order valence-corrected chi connectivity index (χ1v) is 10.8. The zero-order valence-corrected chi connectivity index (χ0v) is 19.1. The van der Waals surface area contributed by atoms with Crippen molar-refractivity contribution in [1.82, 2.24) is 5.32 Å². The number of aliphatic hydroxyl groups is 1. The van der Waals surface area contributed by atoms with E-state index in [2.05, 4.69) is 5.32 Å². The molecule has 10 heteroatoms. The number of ether oxygens (including phenoxy) is 3. The number of halogens is 2. The molecule has 176 valence electrons. The molecule has 0 aliphatic carbocycles. The second-order valence-electron chi connectivity index (χ2n) is 8.19. The average Bonchev–Trinajstić information content (AvgIpc) is 2.78. The monoisotopic (exact) mass is 478 g/mol.